The van der Waals surface area contributed by atoms with E-state index < -0.39 is 125 Å². The maximum Gasteiger partial charge on any atom is 0.243 e. The first-order chi connectivity index (χ1) is 40.5. The number of nitrogens with two attached hydrogens (primary N) is 10. The molecule has 86 heavy (non-hydrogen) atoms. The highest BCUT2D eigenvalue weighted by Gasteiger charge is 2.36. The van der Waals surface area contributed by atoms with Gasteiger partial charge in [0, 0.05) is 33.1 Å². The predicted molar refractivity (Wildman–Crippen MR) is 324 cm³/mol. The molecule has 0 unspecified atom stereocenters. The van der Waals surface area contributed by atoms with Gasteiger partial charge in [-0.2, -0.15) is 0 Å². The van der Waals surface area contributed by atoms with Crippen LogP contribution >= 0.6 is 0 Å². The molecule has 0 rings (SSSR count). The topological polar surface area (TPSA) is 632 Å². The number of aliphatic hydroxyl groups is 1. The molecule has 0 aromatic heterocycles. The van der Waals surface area contributed by atoms with E-state index >= 15 is 0 Å². The van der Waals surface area contributed by atoms with Crippen molar-refractivity contribution in [1.82, 2.24) is 53.2 Å². The molecule has 0 aliphatic heterocycles. The largest absolute Gasteiger partial charge is 0.391 e. The van der Waals surface area contributed by atoms with Crippen LogP contribution in [0.25, 0.3) is 0 Å². The van der Waals surface area contributed by atoms with E-state index in [-0.39, 0.29) is 121 Å². The molecule has 0 aromatic rings. The van der Waals surface area contributed by atoms with Crippen LogP contribution in [0.15, 0.2) is 15.0 Å². The lowest BCUT2D eigenvalue weighted by Gasteiger charge is -2.29. The number of guanidine groups is 4. The third-order valence-electron chi connectivity index (χ3n) is 13.2. The maximum absolute atomic E-state index is 14.5. The summed E-state index contributed by atoms with van der Waals surface area (Å²) in [6.45, 7) is 7.97. The number of rotatable bonds is 45. The molecule has 35 nitrogen and oxygen atoms in total. The molecule has 0 spiro atoms. The zero-order valence-corrected chi connectivity index (χ0v) is 50.3. The van der Waals surface area contributed by atoms with Crippen molar-refractivity contribution in [1.29, 1.82) is 5.41 Å². The number of hydrogen-bond acceptors (Lipinski definition) is 17. The van der Waals surface area contributed by atoms with Crippen LogP contribution < -0.4 is 111 Å². The monoisotopic (exact) mass is 1220 g/mol. The Kier molecular flexibility index (Phi) is 39.1. The fraction of sp³-hybridized carbons (Fsp3) is 0.725. The Hall–Kier alpha value is -8.34. The first-order valence-electron chi connectivity index (χ1n) is 28.8. The van der Waals surface area contributed by atoms with Crippen LogP contribution in [-0.2, 0) is 47.9 Å². The van der Waals surface area contributed by atoms with E-state index in [9.17, 15) is 53.1 Å². The fourth-order valence-corrected chi connectivity index (χ4v) is 8.28. The molecular weight excluding hydrogens is 1120 g/mol. The lowest BCUT2D eigenvalue weighted by molar-refractivity contribution is -0.136. The van der Waals surface area contributed by atoms with E-state index in [4.69, 9.17) is 62.7 Å². The molecule has 0 saturated heterocycles. The number of hydrogen-bond donors (Lipinski definition) is 22. The first kappa shape index (κ1) is 77.7. The van der Waals surface area contributed by atoms with Gasteiger partial charge in [0.05, 0.1) is 6.10 Å². The summed E-state index contributed by atoms with van der Waals surface area (Å²) in [4.78, 5) is 148. The summed E-state index contributed by atoms with van der Waals surface area (Å²) in [5.74, 6) is -9.76. The van der Waals surface area contributed by atoms with Crippen molar-refractivity contribution < 1.29 is 53.1 Å². The molecule has 11 atom stereocenters. The summed E-state index contributed by atoms with van der Waals surface area (Å²) in [5.41, 5.74) is 55.3. The molecule has 0 aromatic carbocycles. The number of carbonyl (C=O) groups is 10. The van der Waals surface area contributed by atoms with Crippen molar-refractivity contribution in [2.75, 3.05) is 39.3 Å². The van der Waals surface area contributed by atoms with E-state index in [0.29, 0.717) is 38.5 Å². The number of nitrogens with zero attached hydrogens (tertiary/aromatic N) is 3. The maximum atomic E-state index is 14.5. The van der Waals surface area contributed by atoms with E-state index in [1.54, 1.807) is 13.8 Å². The van der Waals surface area contributed by atoms with Crippen LogP contribution in [0.2, 0.25) is 0 Å². The molecule has 0 aliphatic carbocycles. The van der Waals surface area contributed by atoms with Crippen LogP contribution in [0, 0.1) is 11.3 Å². The van der Waals surface area contributed by atoms with Gasteiger partial charge in [-0.05, 0) is 123 Å². The molecule has 0 bridgehead atoms. The normalized spacial score (nSPS) is 14.7. The van der Waals surface area contributed by atoms with E-state index in [1.807, 2.05) is 0 Å². The third kappa shape index (κ3) is 33.8. The van der Waals surface area contributed by atoms with Gasteiger partial charge in [0.25, 0.3) is 0 Å². The zero-order chi connectivity index (χ0) is 65.5. The van der Waals surface area contributed by atoms with Crippen molar-refractivity contribution in [3.05, 3.63) is 0 Å². The highest BCUT2D eigenvalue weighted by molar-refractivity contribution is 5.98. The molecule has 10 amide bonds. The van der Waals surface area contributed by atoms with Crippen molar-refractivity contribution in [3.63, 3.8) is 0 Å². The van der Waals surface area contributed by atoms with E-state index in [0.717, 1.165) is 0 Å². The van der Waals surface area contributed by atoms with Crippen LogP contribution in [-0.4, -0.2) is 188 Å². The zero-order valence-electron chi connectivity index (χ0n) is 50.3. The molecule has 35 heteroatoms. The predicted octanol–water partition coefficient (Wildman–Crippen LogP) is -8.02. The van der Waals surface area contributed by atoms with Crippen LogP contribution in [0.4, 0.5) is 0 Å². The number of aliphatic imine (C=N–C) groups is 3. The Bertz CT molecular complexity index is 2280. The van der Waals surface area contributed by atoms with Crippen LogP contribution in [0.3, 0.4) is 0 Å². The second kappa shape index (κ2) is 43.3. The summed E-state index contributed by atoms with van der Waals surface area (Å²) in [7, 11) is 0. The number of amides is 10. The molecule has 0 saturated carbocycles. The molecule has 0 heterocycles. The van der Waals surface area contributed by atoms with E-state index in [2.05, 4.69) is 68.1 Å². The standard InChI is InChI=1S/C51H100N24O11/c1-6-27(2)37(74-40(79)28(3)67-41(80)31(68-30(5)77)17-11-23-63-48(55)56)47(86)73-35(19-13-25-65-50(59)60)45(84)71-34(18-12-24-64-49(57)58)44(83)70-32(15-7-9-21-52)42(81)69-33(16-8-10-22-53)43(82)72-36(20-14-26-66-51(61)62)46(85)75-38(29(4)76)39(54)78/h27-29,31-38,76H,6-26,52-53H2,1-5H3,(H2,54,78)(H,67,80)(H,68,77)(H,69,81)(H,70,83)(H,71,84)(H,72,82)(H,73,86)(H,74,79)(H,75,85)(H4,55,56,63)(H4,57,58,64)(H4,59,60,65)(H4,61,62,66)/t27-,28-,29+,31-,32-,33-,34-,35-,36-,37-,38-/m0/s1. The lowest BCUT2D eigenvalue weighted by Crippen LogP contribution is -2.61. The second-order valence-corrected chi connectivity index (χ2v) is 20.7. The summed E-state index contributed by atoms with van der Waals surface area (Å²) in [6, 6.07) is -12.1. The number of unbranched alkanes of at least 4 members (excludes halogenated alkanes) is 2. The van der Waals surface area contributed by atoms with Crippen molar-refractivity contribution >= 4 is 82.9 Å². The van der Waals surface area contributed by atoms with Gasteiger partial charge in [0.1, 0.15) is 54.4 Å². The van der Waals surface area contributed by atoms with Crippen molar-refractivity contribution in [2.45, 2.75) is 191 Å². The quantitative estimate of drug-likeness (QED) is 0.0153. The number of aliphatic hydroxyl groups excluding tert-OH is 1. The molecule has 0 fully saturated rings. The minimum absolute atomic E-state index is 0.00253. The number of primary amides is 1. The van der Waals surface area contributed by atoms with Gasteiger partial charge >= 0.3 is 0 Å². The number of carbonyl (C=O) groups excluding carboxylic acids is 10. The molecule has 0 radical (unpaired) electrons. The summed E-state index contributed by atoms with van der Waals surface area (Å²) in [5, 5.41) is 43.8. The van der Waals surface area contributed by atoms with Gasteiger partial charge in [0.15, 0.2) is 23.8 Å². The molecular formula is C51H100N24O11. The Morgan fingerprint density at radius 2 is 0.756 bits per heavy atom. The first-order valence-corrected chi connectivity index (χ1v) is 28.8. The minimum atomic E-state index is -1.53. The Balaban J connectivity index is 7.15. The van der Waals surface area contributed by atoms with Crippen molar-refractivity contribution in [2.24, 2.45) is 78.2 Å². The summed E-state index contributed by atoms with van der Waals surface area (Å²) in [6.07, 6.45) is 0.820. The van der Waals surface area contributed by atoms with Gasteiger partial charge in [-0.1, -0.05) is 20.3 Å². The molecule has 490 valence electrons. The van der Waals surface area contributed by atoms with E-state index in [1.165, 1.54) is 20.8 Å². The fourth-order valence-electron chi connectivity index (χ4n) is 8.28. The van der Waals surface area contributed by atoms with Crippen LogP contribution in [0.1, 0.15) is 131 Å². The number of nitrogens with one attached hydrogen (secondary N) is 11. The Labute approximate surface area is 502 Å². The van der Waals surface area contributed by atoms with Gasteiger partial charge in [-0.3, -0.25) is 68.3 Å². The lowest BCUT2D eigenvalue weighted by atomic mass is 9.97. The smallest absolute Gasteiger partial charge is 0.243 e. The van der Waals surface area contributed by atoms with Crippen molar-refractivity contribution in [3.8, 4) is 0 Å². The summed E-state index contributed by atoms with van der Waals surface area (Å²) < 4.78 is 0. The van der Waals surface area contributed by atoms with Gasteiger partial charge < -0.3 is 116 Å². The summed E-state index contributed by atoms with van der Waals surface area (Å²) >= 11 is 0. The average Bonchev–Trinajstić information content (AvgIpc) is 3.21. The van der Waals surface area contributed by atoms with Gasteiger partial charge in [-0.25, -0.2) is 0 Å². The second-order valence-electron chi connectivity index (χ2n) is 20.7. The van der Waals surface area contributed by atoms with Gasteiger partial charge in [0.2, 0.25) is 59.1 Å². The Morgan fingerprint density at radius 1 is 0.430 bits per heavy atom. The highest BCUT2D eigenvalue weighted by atomic mass is 16.3. The van der Waals surface area contributed by atoms with Gasteiger partial charge in [-0.15, -0.1) is 0 Å². The van der Waals surface area contributed by atoms with Crippen LogP contribution in [0.5, 0.6) is 0 Å². The molecule has 0 aliphatic rings. The average molecular weight is 1230 g/mol. The highest BCUT2D eigenvalue weighted by Crippen LogP contribution is 2.13. The minimum Gasteiger partial charge on any atom is -0.391 e. The SMILES string of the molecule is CC[C@H](C)[C@H](NC(=O)[C@H](C)NC(=O)[C@H](CCCN=C(N)N)NC(C)=O)C(=O)N[C@@H](CCCN=C(N)N)C(=O)N[C@@H](CCCNC(=N)N)C(=O)N[C@@H](CCCCN)C(=O)N[C@@H](CCCCN)C(=O)N[C@@H](CCCN=C(N)N)C(=O)N[C@H](C(N)=O)[C@@H](C)O. The third-order valence-corrected chi connectivity index (χ3v) is 13.2. The molecule has 32 N–H and O–H groups in total. The Morgan fingerprint density at radius 3 is 1.08 bits per heavy atom.